The number of hydrogen-bond acceptors (Lipinski definition) is 14. The maximum atomic E-state index is 14.0. The normalized spacial score (nSPS) is 17.7. The molecule has 0 spiro atoms. The molecule has 3 aliphatic heterocycles. The number of benzene rings is 2. The topological polar surface area (TPSA) is 317 Å². The third-order valence-electron chi connectivity index (χ3n) is 12.5. The summed E-state index contributed by atoms with van der Waals surface area (Å²) in [7, 11) is -17.6. The van der Waals surface area contributed by atoms with Crippen molar-refractivity contribution in [2.24, 2.45) is 0 Å². The molecule has 394 valence electrons. The number of unbranched alkanes of at least 4 members (excludes halogenated alkanes) is 5. The lowest BCUT2D eigenvalue weighted by molar-refractivity contribution is -0.438. The summed E-state index contributed by atoms with van der Waals surface area (Å²) in [6.07, 6.45) is 12.6. The molecule has 3 amide bonds. The summed E-state index contributed by atoms with van der Waals surface area (Å²) >= 11 is 0. The Morgan fingerprint density at radius 2 is 1.31 bits per heavy atom. The van der Waals surface area contributed by atoms with E-state index in [1.54, 1.807) is 24.3 Å². The van der Waals surface area contributed by atoms with Crippen molar-refractivity contribution >= 4 is 81.2 Å². The molecule has 3 heterocycles. The average molecular weight is 1080 g/mol. The quantitative estimate of drug-likeness (QED) is 0.0211. The fraction of sp³-hybridized carbons (Fsp3) is 0.468. The van der Waals surface area contributed by atoms with Crippen LogP contribution in [-0.4, -0.2) is 122 Å². The first-order valence-electron chi connectivity index (χ1n) is 23.1. The molecule has 0 saturated carbocycles. The van der Waals surface area contributed by atoms with Gasteiger partial charge in [-0.25, -0.2) is 4.79 Å². The van der Waals surface area contributed by atoms with Crippen molar-refractivity contribution in [1.29, 1.82) is 0 Å². The van der Waals surface area contributed by atoms with Crippen LogP contribution in [0.4, 0.5) is 11.4 Å². The second kappa shape index (κ2) is 23.2. The van der Waals surface area contributed by atoms with Gasteiger partial charge in [-0.05, 0) is 100 Å². The molecular formula is C47H61N4O17S4+. The van der Waals surface area contributed by atoms with Gasteiger partial charge in [0, 0.05) is 78.9 Å². The highest BCUT2D eigenvalue weighted by molar-refractivity contribution is 7.86. The van der Waals surface area contributed by atoms with Crippen molar-refractivity contribution in [3.05, 3.63) is 95.3 Å². The minimum atomic E-state index is -4.59. The first-order chi connectivity index (χ1) is 33.4. The number of imide groups is 1. The van der Waals surface area contributed by atoms with E-state index < -0.39 is 86.5 Å². The molecule has 0 aliphatic carbocycles. The molecule has 1 saturated heterocycles. The predicted molar refractivity (Wildman–Crippen MR) is 265 cm³/mol. The highest BCUT2D eigenvalue weighted by atomic mass is 32.2. The van der Waals surface area contributed by atoms with Crippen LogP contribution in [0.3, 0.4) is 0 Å². The largest absolute Gasteiger partial charge is 0.352 e. The van der Waals surface area contributed by atoms with Crippen molar-refractivity contribution in [1.82, 2.24) is 10.4 Å². The minimum Gasteiger partial charge on any atom is -0.352 e. The highest BCUT2D eigenvalue weighted by Crippen LogP contribution is 2.49. The van der Waals surface area contributed by atoms with E-state index in [1.165, 1.54) is 48.6 Å². The number of anilines is 1. The van der Waals surface area contributed by atoms with Gasteiger partial charge in [0.15, 0.2) is 5.71 Å². The fourth-order valence-corrected chi connectivity index (χ4v) is 10.9. The number of allylic oxidation sites excluding steroid dienone is 6. The van der Waals surface area contributed by atoms with Gasteiger partial charge < -0.3 is 15.1 Å². The zero-order valence-corrected chi connectivity index (χ0v) is 43.6. The molecule has 21 nitrogen and oxygen atoms in total. The number of carbonyl (C=O) groups is 4. The molecule has 3 aliphatic rings. The van der Waals surface area contributed by atoms with Crippen molar-refractivity contribution in [3.63, 3.8) is 0 Å². The maximum absolute atomic E-state index is 14.0. The Morgan fingerprint density at radius 3 is 1.92 bits per heavy atom. The van der Waals surface area contributed by atoms with Gasteiger partial charge in [-0.2, -0.15) is 38.2 Å². The summed E-state index contributed by atoms with van der Waals surface area (Å²) in [4.78, 5) is 55.8. The Hall–Kier alpha value is -5.41. The van der Waals surface area contributed by atoms with E-state index in [2.05, 4.69) is 5.32 Å². The molecule has 0 bridgehead atoms. The van der Waals surface area contributed by atoms with Crippen LogP contribution in [0.25, 0.3) is 0 Å². The Balaban J connectivity index is 1.45. The molecule has 0 unspecified atom stereocenters. The van der Waals surface area contributed by atoms with Gasteiger partial charge in [0.2, 0.25) is 5.69 Å². The summed E-state index contributed by atoms with van der Waals surface area (Å²) < 4.78 is 135. The third-order valence-corrected chi connectivity index (χ3v) is 15.8. The molecule has 5 N–H and O–H groups in total. The molecule has 0 atom stereocenters. The van der Waals surface area contributed by atoms with Gasteiger partial charge in [0.1, 0.15) is 6.54 Å². The van der Waals surface area contributed by atoms with E-state index in [4.69, 9.17) is 4.84 Å². The van der Waals surface area contributed by atoms with E-state index >= 15 is 0 Å². The Morgan fingerprint density at radius 1 is 0.722 bits per heavy atom. The van der Waals surface area contributed by atoms with Crippen molar-refractivity contribution in [2.75, 3.05) is 36.0 Å². The van der Waals surface area contributed by atoms with Gasteiger partial charge in [0.05, 0.1) is 26.7 Å². The second-order valence-corrected chi connectivity index (χ2v) is 24.6. The lowest BCUT2D eigenvalue weighted by Crippen LogP contribution is -2.31. The van der Waals surface area contributed by atoms with Crippen LogP contribution in [-0.2, 0) is 75.3 Å². The van der Waals surface area contributed by atoms with Crippen LogP contribution in [0, 0.1) is 0 Å². The molecule has 72 heavy (non-hydrogen) atoms. The van der Waals surface area contributed by atoms with Crippen LogP contribution in [0.15, 0.2) is 93.9 Å². The molecule has 1 fully saturated rings. The van der Waals surface area contributed by atoms with Gasteiger partial charge >= 0.3 is 5.97 Å². The summed E-state index contributed by atoms with van der Waals surface area (Å²) in [5, 5.41) is 3.39. The number of nitrogens with zero attached hydrogens (tertiary/aromatic N) is 3. The second-order valence-electron chi connectivity index (χ2n) is 18.6. The van der Waals surface area contributed by atoms with Crippen LogP contribution in [0.1, 0.15) is 109 Å². The van der Waals surface area contributed by atoms with Crippen molar-refractivity contribution in [3.8, 4) is 0 Å². The molecule has 2 aromatic carbocycles. The van der Waals surface area contributed by atoms with E-state index in [1.807, 2.05) is 37.2 Å². The van der Waals surface area contributed by atoms with Crippen LogP contribution < -0.4 is 10.2 Å². The van der Waals surface area contributed by atoms with Gasteiger partial charge in [0.25, 0.3) is 58.2 Å². The Bertz CT molecular complexity index is 3070. The zero-order valence-electron chi connectivity index (χ0n) is 40.3. The van der Waals surface area contributed by atoms with E-state index in [9.17, 15) is 71.1 Å². The lowest BCUT2D eigenvalue weighted by atomic mass is 9.81. The van der Waals surface area contributed by atoms with Crippen molar-refractivity contribution < 1.29 is 80.5 Å². The summed E-state index contributed by atoms with van der Waals surface area (Å²) in [6.45, 7) is 8.02. The Kier molecular flexibility index (Phi) is 18.5. The molecule has 25 heteroatoms. The van der Waals surface area contributed by atoms with Crippen LogP contribution in [0.2, 0.25) is 0 Å². The summed E-state index contributed by atoms with van der Waals surface area (Å²) in [5.41, 5.74) is 1.88. The number of hydrogen-bond donors (Lipinski definition) is 5. The molecule has 5 rings (SSSR count). The van der Waals surface area contributed by atoms with Crippen LogP contribution in [0.5, 0.6) is 0 Å². The number of carbonyl (C=O) groups excluding carboxylic acids is 4. The number of hydroxylamine groups is 2. The fourth-order valence-electron chi connectivity index (χ4n) is 8.77. The summed E-state index contributed by atoms with van der Waals surface area (Å²) in [6, 6.07) is 8.27. The standard InChI is InChI=1S/C47H60N4O17S4/c1-46(2)36-31-34(71(62,63)64)20-22-38(36)49(27-9-11-29-69(56,57)58)40(46)17-13-15-33(45(55)48-26-8-6-5-7-19-44(54)68-51-42(52)24-25-43(51)53)16-14-18-41-47(3,4)37-32-35(72(65,66)67)21-23-39(37)50(41)28-10-12-30-70(59,60)61/h13-18,20-23,31-32H,5-12,19,24-30H2,1-4H3,(H4-,48,55,56,57,58,59,60,61,62,63,64,65,66,67)/p+1. The van der Waals surface area contributed by atoms with E-state index in [-0.39, 0.29) is 67.1 Å². The molecule has 0 aromatic heterocycles. The molecule has 0 radical (unpaired) electrons. The van der Waals surface area contributed by atoms with Crippen LogP contribution >= 0.6 is 0 Å². The number of rotatable bonds is 25. The minimum absolute atomic E-state index is 0.0193. The maximum Gasteiger partial charge on any atom is 0.333 e. The summed E-state index contributed by atoms with van der Waals surface area (Å²) in [5.74, 6) is -3.31. The third kappa shape index (κ3) is 15.1. The van der Waals surface area contributed by atoms with E-state index in [0.29, 0.717) is 77.5 Å². The van der Waals surface area contributed by atoms with Gasteiger partial charge in [-0.1, -0.05) is 38.8 Å². The lowest BCUT2D eigenvalue weighted by Gasteiger charge is -2.27. The Labute approximate surface area is 420 Å². The highest BCUT2D eigenvalue weighted by Gasteiger charge is 2.45. The average Bonchev–Trinajstić information content (AvgIpc) is 3.78. The number of amides is 3. The zero-order chi connectivity index (χ0) is 53.5. The molecular weight excluding hydrogens is 1020 g/mol. The first kappa shape index (κ1) is 57.5. The number of fused-ring (bicyclic) bond motifs is 2. The predicted octanol–water partition coefficient (Wildman–Crippen LogP) is 5.29. The van der Waals surface area contributed by atoms with Gasteiger partial charge in [-0.15, -0.1) is 5.06 Å². The molecule has 2 aromatic rings. The van der Waals surface area contributed by atoms with Gasteiger partial charge in [-0.3, -0.25) is 32.6 Å². The monoisotopic (exact) mass is 1080 g/mol. The number of nitrogens with one attached hydrogen (secondary N) is 1. The SMILES string of the molecule is CC1(C)C(/C=C/C=C(/C=C/C=C2/N(CCCCS(=O)(=O)O)c3ccc(S(=O)(=O)O)cc3C2(C)C)C(=O)NCCCCCCC(=O)ON2C(=O)CCC2=O)=[N+](CCCCS(=O)(=O)O)c2ccc(S(=O)(=O)O)cc21. The first-order valence-corrected chi connectivity index (χ1v) is 29.2. The smallest absolute Gasteiger partial charge is 0.333 e. The van der Waals surface area contributed by atoms with Crippen molar-refractivity contribution in [2.45, 2.75) is 119 Å². The van der Waals surface area contributed by atoms with E-state index in [0.717, 1.165) is 0 Å².